The van der Waals surface area contributed by atoms with Crippen molar-refractivity contribution >= 4 is 5.97 Å². The third-order valence-electron chi connectivity index (χ3n) is 2.57. The Kier molecular flexibility index (Phi) is 3.55. The lowest BCUT2D eigenvalue weighted by Crippen LogP contribution is -2.06. The van der Waals surface area contributed by atoms with Crippen LogP contribution < -0.4 is 4.74 Å². The van der Waals surface area contributed by atoms with Crippen LogP contribution in [0.5, 0.6) is 5.75 Å². The molecule has 0 aliphatic carbocycles. The Morgan fingerprint density at radius 2 is 2.16 bits per heavy atom. The molecule has 1 heterocycles. The molecule has 1 aromatic heterocycles. The zero-order valence-electron chi connectivity index (χ0n) is 11.0. The van der Waals surface area contributed by atoms with Crippen LogP contribution in [0.2, 0.25) is 0 Å². The molecule has 0 fully saturated rings. The summed E-state index contributed by atoms with van der Waals surface area (Å²) in [5.74, 6) is -0.510. The maximum absolute atomic E-state index is 11.0. The average Bonchev–Trinajstić information content (AvgIpc) is 2.80. The van der Waals surface area contributed by atoms with Gasteiger partial charge in [-0.15, -0.1) is 0 Å². The standard InChI is InChI=1S/C14H15NO4/c1-8(2)19-11-5-4-10(6-9(11)3)12-13(14(16)17)18-7-15-12/h4-8H,1-3H3,(H,16,17). The number of hydrogen-bond acceptors (Lipinski definition) is 4. The topological polar surface area (TPSA) is 72.6 Å². The van der Waals surface area contributed by atoms with Crippen molar-refractivity contribution < 1.29 is 19.1 Å². The molecule has 2 aromatic rings. The fourth-order valence-corrected chi connectivity index (χ4v) is 1.79. The highest BCUT2D eigenvalue weighted by atomic mass is 16.5. The molecule has 5 nitrogen and oxygen atoms in total. The summed E-state index contributed by atoms with van der Waals surface area (Å²) in [5.41, 5.74) is 1.94. The van der Waals surface area contributed by atoms with Gasteiger partial charge >= 0.3 is 5.97 Å². The van der Waals surface area contributed by atoms with Gasteiger partial charge in [-0.1, -0.05) is 0 Å². The van der Waals surface area contributed by atoms with Gasteiger partial charge in [0, 0.05) is 5.56 Å². The summed E-state index contributed by atoms with van der Waals surface area (Å²) in [6.07, 6.45) is 1.22. The summed E-state index contributed by atoms with van der Waals surface area (Å²) in [6, 6.07) is 5.42. The number of benzene rings is 1. The second-order valence-electron chi connectivity index (χ2n) is 4.48. The molecule has 0 aliphatic heterocycles. The summed E-state index contributed by atoms with van der Waals surface area (Å²) in [7, 11) is 0. The zero-order valence-corrected chi connectivity index (χ0v) is 11.0. The van der Waals surface area contributed by atoms with Crippen LogP contribution in [-0.2, 0) is 0 Å². The molecule has 0 saturated carbocycles. The molecule has 5 heteroatoms. The van der Waals surface area contributed by atoms with Crippen LogP contribution in [0.15, 0.2) is 29.0 Å². The van der Waals surface area contributed by atoms with Crippen molar-refractivity contribution in [2.75, 3.05) is 0 Å². The van der Waals surface area contributed by atoms with E-state index in [2.05, 4.69) is 4.98 Å². The van der Waals surface area contributed by atoms with E-state index in [-0.39, 0.29) is 11.9 Å². The molecule has 0 saturated heterocycles. The molecule has 0 spiro atoms. The highest BCUT2D eigenvalue weighted by molar-refractivity contribution is 5.91. The van der Waals surface area contributed by atoms with Crippen molar-refractivity contribution in [3.05, 3.63) is 35.9 Å². The minimum Gasteiger partial charge on any atom is -0.491 e. The van der Waals surface area contributed by atoms with E-state index in [4.69, 9.17) is 14.3 Å². The molecule has 0 bridgehead atoms. The monoisotopic (exact) mass is 261 g/mol. The first-order valence-electron chi connectivity index (χ1n) is 5.93. The number of nitrogens with zero attached hydrogens (tertiary/aromatic N) is 1. The molecule has 0 unspecified atom stereocenters. The van der Waals surface area contributed by atoms with Crippen LogP contribution in [-0.4, -0.2) is 22.2 Å². The average molecular weight is 261 g/mol. The Labute approximate surface area is 110 Å². The van der Waals surface area contributed by atoms with Crippen molar-refractivity contribution in [2.24, 2.45) is 0 Å². The fourth-order valence-electron chi connectivity index (χ4n) is 1.79. The fraction of sp³-hybridized carbons (Fsp3) is 0.286. The number of aromatic carboxylic acids is 1. The van der Waals surface area contributed by atoms with Crippen LogP contribution in [0, 0.1) is 6.92 Å². The first kappa shape index (κ1) is 13.1. The number of carboxylic acids is 1. The van der Waals surface area contributed by atoms with Gasteiger partial charge in [0.15, 0.2) is 6.39 Å². The van der Waals surface area contributed by atoms with Crippen molar-refractivity contribution in [3.8, 4) is 17.0 Å². The normalized spacial score (nSPS) is 10.7. The van der Waals surface area contributed by atoms with Crippen LogP contribution in [0.25, 0.3) is 11.3 Å². The molecule has 100 valence electrons. The highest BCUT2D eigenvalue weighted by Gasteiger charge is 2.18. The second-order valence-corrected chi connectivity index (χ2v) is 4.48. The highest BCUT2D eigenvalue weighted by Crippen LogP contribution is 2.28. The van der Waals surface area contributed by atoms with Crippen LogP contribution >= 0.6 is 0 Å². The van der Waals surface area contributed by atoms with E-state index in [9.17, 15) is 4.79 Å². The van der Waals surface area contributed by atoms with Gasteiger partial charge in [-0.2, -0.15) is 0 Å². The molecule has 19 heavy (non-hydrogen) atoms. The second kappa shape index (κ2) is 5.14. The van der Waals surface area contributed by atoms with Gasteiger partial charge in [0.25, 0.3) is 0 Å². The number of rotatable bonds is 4. The van der Waals surface area contributed by atoms with E-state index in [1.54, 1.807) is 6.07 Å². The van der Waals surface area contributed by atoms with Crippen LogP contribution in [0.4, 0.5) is 0 Å². The predicted molar refractivity (Wildman–Crippen MR) is 69.4 cm³/mol. The van der Waals surface area contributed by atoms with Gasteiger partial charge in [-0.05, 0) is 44.5 Å². The molecular formula is C14H15NO4. The largest absolute Gasteiger partial charge is 0.491 e. The van der Waals surface area contributed by atoms with E-state index in [1.165, 1.54) is 0 Å². The number of ether oxygens (including phenoxy) is 1. The Balaban J connectivity index is 2.39. The number of hydrogen-bond donors (Lipinski definition) is 1. The lowest BCUT2D eigenvalue weighted by Gasteiger charge is -2.12. The van der Waals surface area contributed by atoms with Crippen LogP contribution in [0.3, 0.4) is 0 Å². The first-order valence-corrected chi connectivity index (χ1v) is 5.93. The van der Waals surface area contributed by atoms with Gasteiger partial charge in [0.05, 0.1) is 6.10 Å². The maximum Gasteiger partial charge on any atom is 0.374 e. The van der Waals surface area contributed by atoms with E-state index in [0.29, 0.717) is 11.3 Å². The van der Waals surface area contributed by atoms with Gasteiger partial charge in [-0.25, -0.2) is 9.78 Å². The Morgan fingerprint density at radius 1 is 1.42 bits per heavy atom. The van der Waals surface area contributed by atoms with Gasteiger partial charge < -0.3 is 14.3 Å². The summed E-state index contributed by atoms with van der Waals surface area (Å²) in [6.45, 7) is 5.81. The molecule has 1 N–H and O–H groups in total. The quantitative estimate of drug-likeness (QED) is 0.915. The number of oxazole rings is 1. The summed E-state index contributed by atoms with van der Waals surface area (Å²) in [4.78, 5) is 14.9. The molecule has 2 rings (SSSR count). The molecule has 0 amide bonds. The minimum atomic E-state index is -1.13. The predicted octanol–water partition coefficient (Wildman–Crippen LogP) is 3.14. The molecule has 0 aliphatic rings. The zero-order chi connectivity index (χ0) is 14.0. The van der Waals surface area contributed by atoms with Gasteiger partial charge in [0.1, 0.15) is 11.4 Å². The number of carbonyl (C=O) groups is 1. The van der Waals surface area contributed by atoms with Crippen molar-refractivity contribution in [1.82, 2.24) is 4.98 Å². The van der Waals surface area contributed by atoms with Crippen molar-refractivity contribution in [2.45, 2.75) is 26.9 Å². The smallest absolute Gasteiger partial charge is 0.374 e. The molecule has 0 radical (unpaired) electrons. The lowest BCUT2D eigenvalue weighted by molar-refractivity contribution is 0.0663. The van der Waals surface area contributed by atoms with E-state index < -0.39 is 5.97 Å². The van der Waals surface area contributed by atoms with E-state index in [0.717, 1.165) is 17.7 Å². The van der Waals surface area contributed by atoms with Gasteiger partial charge in [0.2, 0.25) is 5.76 Å². The van der Waals surface area contributed by atoms with Crippen molar-refractivity contribution in [3.63, 3.8) is 0 Å². The third kappa shape index (κ3) is 2.76. The molecule has 0 atom stereocenters. The number of carboxylic acid groups (broad SMARTS) is 1. The summed E-state index contributed by atoms with van der Waals surface area (Å²) >= 11 is 0. The molecule has 1 aromatic carbocycles. The maximum atomic E-state index is 11.0. The lowest BCUT2D eigenvalue weighted by atomic mass is 10.1. The van der Waals surface area contributed by atoms with E-state index >= 15 is 0 Å². The summed E-state index contributed by atoms with van der Waals surface area (Å²) < 4.78 is 10.5. The SMILES string of the molecule is Cc1cc(-c2ncoc2C(=O)O)ccc1OC(C)C. The Bertz CT molecular complexity index is 601. The number of aryl methyl sites for hydroxylation is 1. The minimum absolute atomic E-state index is 0.0891. The van der Waals surface area contributed by atoms with Crippen LogP contribution in [0.1, 0.15) is 30.0 Å². The Hall–Kier alpha value is -2.30. The number of aromatic nitrogens is 1. The first-order chi connectivity index (χ1) is 8.99. The van der Waals surface area contributed by atoms with E-state index in [1.807, 2.05) is 32.9 Å². The van der Waals surface area contributed by atoms with Gasteiger partial charge in [-0.3, -0.25) is 0 Å². The third-order valence-corrected chi connectivity index (χ3v) is 2.57. The van der Waals surface area contributed by atoms with Crippen molar-refractivity contribution in [1.29, 1.82) is 0 Å². The molecular weight excluding hydrogens is 246 g/mol. The Morgan fingerprint density at radius 3 is 2.74 bits per heavy atom. The summed E-state index contributed by atoms with van der Waals surface area (Å²) in [5, 5.41) is 9.00.